The van der Waals surface area contributed by atoms with Gasteiger partial charge in [0.25, 0.3) is 5.91 Å². The monoisotopic (exact) mass is 625 g/mol. The maximum Gasteiger partial charge on any atom is 0.255 e. The van der Waals surface area contributed by atoms with Crippen molar-refractivity contribution < 1.29 is 22.7 Å². The van der Waals surface area contributed by atoms with Crippen LogP contribution in [0.5, 0.6) is 5.75 Å². The summed E-state index contributed by atoms with van der Waals surface area (Å²) in [5.74, 6) is 0.665. The zero-order valence-corrected chi connectivity index (χ0v) is 27.5. The van der Waals surface area contributed by atoms with Gasteiger partial charge < -0.3 is 19.4 Å². The Morgan fingerprint density at radius 1 is 1.14 bits per heavy atom. The molecule has 4 rings (SSSR count). The highest BCUT2D eigenvalue weighted by Gasteiger charge is 2.24. The Bertz CT molecular complexity index is 1660. The number of hydrogen-bond acceptors (Lipinski definition) is 9. The molecule has 0 atom stereocenters. The second kappa shape index (κ2) is 13.3. The van der Waals surface area contributed by atoms with Gasteiger partial charge in [-0.3, -0.25) is 20.0 Å². The van der Waals surface area contributed by atoms with Crippen molar-refractivity contribution in [3.63, 3.8) is 0 Å². The van der Waals surface area contributed by atoms with Crippen molar-refractivity contribution in [3.05, 3.63) is 70.9 Å². The van der Waals surface area contributed by atoms with Crippen LogP contribution in [0.4, 0.5) is 17.1 Å². The van der Waals surface area contributed by atoms with Crippen molar-refractivity contribution in [2.75, 3.05) is 35.0 Å². The Balaban J connectivity index is 1.59. The number of sulfonamides is 1. The summed E-state index contributed by atoms with van der Waals surface area (Å²) < 4.78 is 40.0. The lowest BCUT2D eigenvalue weighted by atomic mass is 9.86. The van der Waals surface area contributed by atoms with E-state index in [0.29, 0.717) is 24.5 Å². The highest BCUT2D eigenvalue weighted by Crippen LogP contribution is 2.39. The predicted molar refractivity (Wildman–Crippen MR) is 174 cm³/mol. The Labute approximate surface area is 259 Å². The van der Waals surface area contributed by atoms with Crippen molar-refractivity contribution in [1.29, 1.82) is 0 Å². The standard InChI is InChI=1S/C31H43N7O5S/c1-9-10-13-43-19-28-32-17-27(37(28)6)25-18-38(36-34-25)26-14-21(12-11-20(26)2)30(39)33-23-15-22(31(3,4)5)16-24(29(23)42-7)35-44(8,40)41/h11-12,14-18,34-36H,9-10,13,19H2,1-8H3,(H,33,39). The van der Waals surface area contributed by atoms with Gasteiger partial charge in [-0.05, 0) is 54.2 Å². The first-order chi connectivity index (χ1) is 20.7. The normalized spacial score (nSPS) is 13.5. The first kappa shape index (κ1) is 32.8. The molecule has 2 aromatic carbocycles. The number of imidazole rings is 1. The Hall–Kier alpha value is -4.07. The van der Waals surface area contributed by atoms with E-state index in [1.165, 1.54) is 7.11 Å². The molecule has 1 aliphatic rings. The molecule has 0 saturated carbocycles. The summed E-state index contributed by atoms with van der Waals surface area (Å²) in [7, 11) is -0.223. The second-order valence-corrected chi connectivity index (χ2v) is 13.6. The number of ether oxygens (including phenoxy) is 2. The fraction of sp³-hybridized carbons (Fsp3) is 0.419. The van der Waals surface area contributed by atoms with Gasteiger partial charge in [0.05, 0.1) is 54.2 Å². The minimum Gasteiger partial charge on any atom is -0.492 e. The van der Waals surface area contributed by atoms with Crippen LogP contribution in [0, 0.1) is 6.92 Å². The van der Waals surface area contributed by atoms with Gasteiger partial charge in [0.15, 0.2) is 5.75 Å². The van der Waals surface area contributed by atoms with E-state index in [1.807, 2.05) is 51.6 Å². The average molecular weight is 626 g/mol. The molecule has 0 spiro atoms. The molecule has 0 fully saturated rings. The molecule has 2 heterocycles. The summed E-state index contributed by atoms with van der Waals surface area (Å²) in [5.41, 5.74) is 11.2. The molecule has 238 valence electrons. The van der Waals surface area contributed by atoms with Crippen LogP contribution >= 0.6 is 0 Å². The minimum absolute atomic E-state index is 0.216. The highest BCUT2D eigenvalue weighted by atomic mass is 32.2. The number of hydrazine groups is 2. The van der Waals surface area contributed by atoms with Crippen LogP contribution in [0.25, 0.3) is 5.70 Å². The van der Waals surface area contributed by atoms with Crippen molar-refractivity contribution in [2.45, 2.75) is 59.5 Å². The molecule has 12 nitrogen and oxygen atoms in total. The summed E-state index contributed by atoms with van der Waals surface area (Å²) in [5, 5.41) is 4.74. The fourth-order valence-corrected chi connectivity index (χ4v) is 5.22. The van der Waals surface area contributed by atoms with Crippen molar-refractivity contribution in [1.82, 2.24) is 20.5 Å². The molecule has 0 aliphatic carbocycles. The largest absolute Gasteiger partial charge is 0.492 e. The summed E-state index contributed by atoms with van der Waals surface area (Å²) in [6.45, 7) is 11.2. The Morgan fingerprint density at radius 3 is 2.52 bits per heavy atom. The molecule has 0 bridgehead atoms. The third-order valence-electron chi connectivity index (χ3n) is 7.24. The maximum absolute atomic E-state index is 13.6. The van der Waals surface area contributed by atoms with Gasteiger partial charge in [-0.2, -0.15) is 0 Å². The van der Waals surface area contributed by atoms with E-state index in [4.69, 9.17) is 9.47 Å². The smallest absolute Gasteiger partial charge is 0.255 e. The van der Waals surface area contributed by atoms with E-state index in [9.17, 15) is 13.2 Å². The van der Waals surface area contributed by atoms with Gasteiger partial charge in [-0.25, -0.2) is 13.4 Å². The molecule has 3 aromatic rings. The molecule has 0 unspecified atom stereocenters. The Morgan fingerprint density at radius 2 is 1.86 bits per heavy atom. The van der Waals surface area contributed by atoms with Gasteiger partial charge in [0.1, 0.15) is 12.4 Å². The number of rotatable bonds is 12. The molecule has 1 aromatic heterocycles. The molecule has 0 saturated heterocycles. The van der Waals surface area contributed by atoms with Gasteiger partial charge in [0.2, 0.25) is 10.0 Å². The lowest BCUT2D eigenvalue weighted by Gasteiger charge is -2.24. The highest BCUT2D eigenvalue weighted by molar-refractivity contribution is 7.92. The van der Waals surface area contributed by atoms with Crippen molar-refractivity contribution >= 4 is 38.7 Å². The lowest BCUT2D eigenvalue weighted by Crippen LogP contribution is -2.36. The number of anilines is 3. The molecule has 1 aliphatic heterocycles. The van der Waals surface area contributed by atoms with Crippen LogP contribution in [-0.4, -0.2) is 43.8 Å². The van der Waals surface area contributed by atoms with E-state index in [1.54, 1.807) is 35.5 Å². The number of methoxy groups -OCH3 is 1. The average Bonchev–Trinajstić information content (AvgIpc) is 3.56. The molecule has 0 radical (unpaired) electrons. The molecule has 13 heteroatoms. The number of aromatic nitrogens is 2. The van der Waals surface area contributed by atoms with Crippen LogP contribution < -0.4 is 30.7 Å². The Kier molecular flexibility index (Phi) is 9.91. The second-order valence-electron chi connectivity index (χ2n) is 11.9. The van der Waals surface area contributed by atoms with Crippen LogP contribution in [0.1, 0.15) is 73.5 Å². The number of carbonyl (C=O) groups is 1. The van der Waals surface area contributed by atoms with Gasteiger partial charge in [-0.15, -0.1) is 5.53 Å². The number of nitrogens with zero attached hydrogens (tertiary/aromatic N) is 3. The summed E-state index contributed by atoms with van der Waals surface area (Å²) in [6, 6.07) is 8.92. The SMILES string of the molecule is CCCCOCc1ncc(C2=CN(c3cc(C(=O)Nc4cc(C(C)(C)C)cc(NS(C)(=O)=O)c4OC)ccc3C)NN2)n1C. The first-order valence-electron chi connectivity index (χ1n) is 14.5. The van der Waals surface area contributed by atoms with Crippen molar-refractivity contribution in [3.8, 4) is 5.75 Å². The minimum atomic E-state index is -3.60. The maximum atomic E-state index is 13.6. The van der Waals surface area contributed by atoms with E-state index in [2.05, 4.69) is 32.9 Å². The zero-order valence-electron chi connectivity index (χ0n) is 26.7. The van der Waals surface area contributed by atoms with Crippen molar-refractivity contribution in [2.24, 2.45) is 7.05 Å². The summed E-state index contributed by atoms with van der Waals surface area (Å²) in [4.78, 5) is 18.1. The topological polar surface area (TPSA) is 139 Å². The molecular formula is C31H43N7O5S. The summed E-state index contributed by atoms with van der Waals surface area (Å²) in [6.07, 6.45) is 6.86. The summed E-state index contributed by atoms with van der Waals surface area (Å²) >= 11 is 0. The number of hydrogen-bond donors (Lipinski definition) is 4. The number of aryl methyl sites for hydroxylation is 1. The van der Waals surface area contributed by atoms with Crippen LogP contribution in [0.3, 0.4) is 0 Å². The number of carbonyl (C=O) groups excluding carboxylic acids is 1. The zero-order chi connectivity index (χ0) is 32.2. The van der Waals surface area contributed by atoms with E-state index < -0.39 is 10.0 Å². The first-order valence-corrected chi connectivity index (χ1v) is 16.3. The van der Waals surface area contributed by atoms with Gasteiger partial charge in [0, 0.05) is 19.2 Å². The number of benzene rings is 2. The quantitative estimate of drug-likeness (QED) is 0.209. The third kappa shape index (κ3) is 7.71. The molecule has 4 N–H and O–H groups in total. The van der Waals surface area contributed by atoms with Crippen LogP contribution in [0.15, 0.2) is 42.7 Å². The predicted octanol–water partition coefficient (Wildman–Crippen LogP) is 4.80. The van der Waals surface area contributed by atoms with E-state index in [0.717, 1.165) is 53.1 Å². The van der Waals surface area contributed by atoms with Gasteiger partial charge >= 0.3 is 0 Å². The number of nitrogens with one attached hydrogen (secondary N) is 4. The number of unbranched alkanes of at least 4 members (excludes halogenated alkanes) is 1. The fourth-order valence-electron chi connectivity index (χ4n) is 4.67. The van der Waals surface area contributed by atoms with Crippen LogP contribution in [-0.2, 0) is 33.8 Å². The molecule has 1 amide bonds. The van der Waals surface area contributed by atoms with E-state index in [-0.39, 0.29) is 22.8 Å². The molecule has 44 heavy (non-hydrogen) atoms. The van der Waals surface area contributed by atoms with E-state index >= 15 is 0 Å². The lowest BCUT2D eigenvalue weighted by molar-refractivity contribution is 0.102. The molecular weight excluding hydrogens is 582 g/mol. The number of amides is 1. The van der Waals surface area contributed by atoms with Gasteiger partial charge in [-0.1, -0.05) is 40.2 Å². The van der Waals surface area contributed by atoms with Crippen LogP contribution in [0.2, 0.25) is 0 Å². The third-order valence-corrected chi connectivity index (χ3v) is 7.83.